The third-order valence-corrected chi connectivity index (χ3v) is 12.1. The standard InChI is InChI=1S/C30H36N2.C23H30N2.C7H7Br/c1-8-27(31-29-22(4)16-20(2)17-23(29)5)28(15-14-26-12-10-9-11-13-26)32-30-24(6)18-21(3)19-25(30)7;1-9-21(25-23-18(6)12-15(3)13-19(23)7)20(8)24-22-16(4)10-14(2)11-17(22)5;8-6-7-4-2-1-3-5-7/h9-13,16-19H,8,14-15H2,1-7H3;10-13H,9H2,1-8H3;1-5H,6H2. The van der Waals surface area contributed by atoms with Gasteiger partial charge in [0.1, 0.15) is 0 Å². The lowest BCUT2D eigenvalue weighted by Gasteiger charge is -2.14. The lowest BCUT2D eigenvalue weighted by Crippen LogP contribution is -2.15. The second-order valence-corrected chi connectivity index (χ2v) is 18.2. The zero-order chi connectivity index (χ0) is 47.8. The lowest BCUT2D eigenvalue weighted by molar-refractivity contribution is 1.04. The zero-order valence-electron chi connectivity index (χ0n) is 42.1. The number of hydrogen-bond donors (Lipinski definition) is 0. The number of alkyl halides is 1. The highest BCUT2D eigenvalue weighted by Crippen LogP contribution is 2.30. The Balaban J connectivity index is 0.000000248. The van der Waals surface area contributed by atoms with Gasteiger partial charge in [0.25, 0.3) is 0 Å². The molecule has 0 heterocycles. The second-order valence-electron chi connectivity index (χ2n) is 17.7. The molecule has 6 rings (SSSR count). The largest absolute Gasteiger partial charge is 0.251 e. The third-order valence-electron chi connectivity index (χ3n) is 11.5. The summed E-state index contributed by atoms with van der Waals surface area (Å²) in [7, 11) is 0. The molecule has 0 saturated carbocycles. The maximum atomic E-state index is 5.24. The highest BCUT2D eigenvalue weighted by molar-refractivity contribution is 9.08. The minimum Gasteiger partial charge on any atom is -0.251 e. The lowest BCUT2D eigenvalue weighted by atomic mass is 10.0. The van der Waals surface area contributed by atoms with Crippen LogP contribution in [0.3, 0.4) is 0 Å². The van der Waals surface area contributed by atoms with Gasteiger partial charge in [-0.3, -0.25) is 20.0 Å². The molecule has 0 radical (unpaired) electrons. The Morgan fingerprint density at radius 1 is 0.385 bits per heavy atom. The van der Waals surface area contributed by atoms with Crippen molar-refractivity contribution in [2.24, 2.45) is 20.0 Å². The van der Waals surface area contributed by atoms with Crippen LogP contribution < -0.4 is 0 Å². The van der Waals surface area contributed by atoms with E-state index in [1.54, 1.807) is 0 Å². The van der Waals surface area contributed by atoms with Gasteiger partial charge in [0.15, 0.2) is 0 Å². The topological polar surface area (TPSA) is 49.4 Å². The van der Waals surface area contributed by atoms with E-state index in [1.807, 2.05) is 18.2 Å². The number of rotatable bonds is 12. The van der Waals surface area contributed by atoms with Gasteiger partial charge in [-0.25, -0.2) is 0 Å². The Morgan fingerprint density at radius 3 is 0.985 bits per heavy atom. The number of nitrogens with zero attached hydrogens (tertiary/aromatic N) is 4. The molecule has 5 heteroatoms. The number of benzene rings is 6. The van der Waals surface area contributed by atoms with Gasteiger partial charge in [-0.1, -0.05) is 161 Å². The van der Waals surface area contributed by atoms with Crippen LogP contribution in [0, 0.1) is 83.1 Å². The Kier molecular flexibility index (Phi) is 20.2. The first kappa shape index (κ1) is 52.1. The highest BCUT2D eigenvalue weighted by Gasteiger charge is 2.14. The van der Waals surface area contributed by atoms with Crippen LogP contribution in [0.25, 0.3) is 0 Å². The summed E-state index contributed by atoms with van der Waals surface area (Å²) < 4.78 is 0. The molecule has 0 aliphatic rings. The van der Waals surface area contributed by atoms with Crippen LogP contribution in [0.5, 0.6) is 0 Å². The summed E-state index contributed by atoms with van der Waals surface area (Å²) in [5.41, 5.74) is 26.1. The van der Waals surface area contributed by atoms with E-state index in [4.69, 9.17) is 20.0 Å². The molecule has 0 saturated heterocycles. The molecule has 0 atom stereocenters. The maximum Gasteiger partial charge on any atom is 0.0692 e. The first-order valence-electron chi connectivity index (χ1n) is 23.2. The van der Waals surface area contributed by atoms with Crippen molar-refractivity contribution < 1.29 is 0 Å². The fraction of sp³-hybridized carbons (Fsp3) is 0.333. The second kappa shape index (κ2) is 25.2. The van der Waals surface area contributed by atoms with Crippen LogP contribution >= 0.6 is 15.9 Å². The molecule has 0 amide bonds. The van der Waals surface area contributed by atoms with Gasteiger partial charge in [-0.2, -0.15) is 0 Å². The fourth-order valence-corrected chi connectivity index (χ4v) is 8.91. The summed E-state index contributed by atoms with van der Waals surface area (Å²) in [6.45, 7) is 32.1. The van der Waals surface area contributed by atoms with Crippen molar-refractivity contribution in [3.8, 4) is 0 Å². The molecule has 340 valence electrons. The highest BCUT2D eigenvalue weighted by atomic mass is 79.9. The zero-order valence-corrected chi connectivity index (χ0v) is 43.7. The quantitative estimate of drug-likeness (QED) is 0.0867. The summed E-state index contributed by atoms with van der Waals surface area (Å²) in [5.74, 6) is 0. The van der Waals surface area contributed by atoms with Gasteiger partial charge < -0.3 is 0 Å². The summed E-state index contributed by atoms with van der Waals surface area (Å²) >= 11 is 3.36. The van der Waals surface area contributed by atoms with Gasteiger partial charge in [0.05, 0.1) is 45.6 Å². The smallest absolute Gasteiger partial charge is 0.0692 e. The van der Waals surface area contributed by atoms with Crippen LogP contribution in [0.1, 0.15) is 118 Å². The summed E-state index contributed by atoms with van der Waals surface area (Å²) in [6, 6.07) is 38.6. The maximum absolute atomic E-state index is 5.24. The first-order valence-corrected chi connectivity index (χ1v) is 24.3. The molecule has 4 nitrogen and oxygen atoms in total. The molecule has 0 bridgehead atoms. The molecular weight excluding hydrogens is 857 g/mol. The van der Waals surface area contributed by atoms with Crippen LogP contribution in [0.15, 0.2) is 129 Å². The van der Waals surface area contributed by atoms with Crippen molar-refractivity contribution in [3.05, 3.63) is 187 Å². The molecule has 0 N–H and O–H groups in total. The van der Waals surface area contributed by atoms with E-state index in [0.29, 0.717) is 0 Å². The molecule has 0 aromatic heterocycles. The van der Waals surface area contributed by atoms with Crippen molar-refractivity contribution in [1.29, 1.82) is 0 Å². The molecule has 0 fully saturated rings. The Hall–Kier alpha value is -5.52. The normalized spacial score (nSPS) is 12.1. The first-order chi connectivity index (χ1) is 30.9. The Labute approximate surface area is 401 Å². The molecular formula is C60H73BrN4. The molecule has 0 unspecified atom stereocenters. The molecule has 65 heavy (non-hydrogen) atoms. The van der Waals surface area contributed by atoms with Gasteiger partial charge in [0.2, 0.25) is 0 Å². The van der Waals surface area contributed by atoms with E-state index in [0.717, 1.165) is 76.6 Å². The van der Waals surface area contributed by atoms with Crippen molar-refractivity contribution in [2.45, 2.75) is 135 Å². The van der Waals surface area contributed by atoms with E-state index in [-0.39, 0.29) is 0 Å². The predicted octanol–water partition coefficient (Wildman–Crippen LogP) is 17.8. The van der Waals surface area contributed by atoms with Crippen LogP contribution in [0.2, 0.25) is 0 Å². The number of aryl methyl sites for hydroxylation is 13. The van der Waals surface area contributed by atoms with E-state index in [9.17, 15) is 0 Å². The average molecular weight is 930 g/mol. The monoisotopic (exact) mass is 929 g/mol. The summed E-state index contributed by atoms with van der Waals surface area (Å²) in [5, 5.41) is 0.952. The molecule has 0 aliphatic carbocycles. The van der Waals surface area contributed by atoms with Crippen LogP contribution in [0.4, 0.5) is 22.7 Å². The van der Waals surface area contributed by atoms with Crippen LogP contribution in [-0.4, -0.2) is 22.8 Å². The molecule has 6 aromatic rings. The fourth-order valence-electron chi connectivity index (χ4n) is 8.53. The van der Waals surface area contributed by atoms with Gasteiger partial charge in [-0.15, -0.1) is 0 Å². The van der Waals surface area contributed by atoms with E-state index in [1.165, 1.54) is 77.9 Å². The van der Waals surface area contributed by atoms with Gasteiger partial charge in [-0.05, 0) is 171 Å². The molecule has 0 aliphatic heterocycles. The molecule has 0 spiro atoms. The minimum atomic E-state index is 0.852. The van der Waals surface area contributed by atoms with Crippen molar-refractivity contribution in [2.75, 3.05) is 0 Å². The molecule has 6 aromatic carbocycles. The van der Waals surface area contributed by atoms with E-state index >= 15 is 0 Å². The number of hydrogen-bond acceptors (Lipinski definition) is 4. The van der Waals surface area contributed by atoms with Crippen molar-refractivity contribution >= 4 is 61.5 Å². The average Bonchev–Trinajstić information content (AvgIpc) is 3.25. The Morgan fingerprint density at radius 2 is 0.677 bits per heavy atom. The number of aliphatic imine (C=N–C) groups is 4. The summed E-state index contributed by atoms with van der Waals surface area (Å²) in [4.78, 5) is 20.3. The van der Waals surface area contributed by atoms with E-state index < -0.39 is 0 Å². The summed E-state index contributed by atoms with van der Waals surface area (Å²) in [6.07, 6.45) is 3.54. The SMILES string of the molecule is BrCc1ccccc1.CCC(=Nc1c(C)cc(C)cc1C)C(C)=Nc1c(C)cc(C)cc1C.CCC(=Nc1c(C)cc(C)cc1C)C(CCc1ccccc1)=Nc1c(C)cc(C)cc1C. The van der Waals surface area contributed by atoms with Crippen LogP contribution in [-0.2, 0) is 11.8 Å². The van der Waals surface area contributed by atoms with Gasteiger partial charge in [0, 0.05) is 5.33 Å². The van der Waals surface area contributed by atoms with Gasteiger partial charge >= 0.3 is 0 Å². The number of halogens is 1. The predicted molar refractivity (Wildman–Crippen MR) is 291 cm³/mol. The van der Waals surface area contributed by atoms with Crippen molar-refractivity contribution in [3.63, 3.8) is 0 Å². The Bertz CT molecular complexity index is 2570. The van der Waals surface area contributed by atoms with E-state index in [2.05, 4.69) is 211 Å². The van der Waals surface area contributed by atoms with Crippen molar-refractivity contribution in [1.82, 2.24) is 0 Å². The third kappa shape index (κ3) is 15.6. The minimum absolute atomic E-state index is 0.852.